The highest BCUT2D eigenvalue weighted by molar-refractivity contribution is 7.89. The zero-order chi connectivity index (χ0) is 18.5. The van der Waals surface area contributed by atoms with Crippen LogP contribution in [-0.4, -0.2) is 60.7 Å². The Labute approximate surface area is 143 Å². The van der Waals surface area contributed by atoms with Crippen molar-refractivity contribution in [3.8, 4) is 11.5 Å². The van der Waals surface area contributed by atoms with Crippen LogP contribution < -0.4 is 14.2 Å². The van der Waals surface area contributed by atoms with Crippen LogP contribution in [0.25, 0.3) is 0 Å². The fourth-order valence-electron chi connectivity index (χ4n) is 2.16. The van der Waals surface area contributed by atoms with Gasteiger partial charge in [0.15, 0.2) is 11.5 Å². The van der Waals surface area contributed by atoms with Gasteiger partial charge in [-0.1, -0.05) is 0 Å². The largest absolute Gasteiger partial charge is 0.493 e. The van der Waals surface area contributed by atoms with Gasteiger partial charge in [0.1, 0.15) is 0 Å². The van der Waals surface area contributed by atoms with Crippen molar-refractivity contribution in [1.29, 1.82) is 0 Å². The summed E-state index contributed by atoms with van der Waals surface area (Å²) < 4.78 is 61.8. The summed E-state index contributed by atoms with van der Waals surface area (Å²) in [4.78, 5) is 0.00982. The second kappa shape index (κ2) is 8.15. The number of benzene rings is 1. The Morgan fingerprint density at radius 3 is 2.12 bits per heavy atom. The van der Waals surface area contributed by atoms with Gasteiger partial charge in [0.25, 0.3) is 0 Å². The van der Waals surface area contributed by atoms with Crippen molar-refractivity contribution in [2.45, 2.75) is 24.8 Å². The molecule has 24 heavy (non-hydrogen) atoms. The van der Waals surface area contributed by atoms with E-state index < -0.39 is 20.0 Å². The first-order chi connectivity index (χ1) is 11.0. The summed E-state index contributed by atoms with van der Waals surface area (Å²) in [5.41, 5.74) is 0. The van der Waals surface area contributed by atoms with Gasteiger partial charge in [-0.15, -0.1) is 0 Å². The van der Waals surface area contributed by atoms with Gasteiger partial charge < -0.3 is 9.47 Å². The van der Waals surface area contributed by atoms with Crippen molar-refractivity contribution >= 4 is 20.0 Å². The summed E-state index contributed by atoms with van der Waals surface area (Å²) in [5, 5.41) is 0. The van der Waals surface area contributed by atoms with E-state index in [2.05, 4.69) is 4.72 Å². The van der Waals surface area contributed by atoms with E-state index in [0.29, 0.717) is 11.5 Å². The van der Waals surface area contributed by atoms with Crippen molar-refractivity contribution in [3.05, 3.63) is 18.2 Å². The fourth-order valence-corrected chi connectivity index (χ4v) is 4.39. The molecule has 0 fully saturated rings. The molecule has 0 heterocycles. The van der Waals surface area contributed by atoms with Crippen LogP contribution >= 0.6 is 0 Å². The molecule has 0 atom stereocenters. The predicted octanol–water partition coefficient (Wildman–Crippen LogP) is 0.652. The SMILES string of the molecule is COc1ccc(S(=O)(=O)NCCN(C(C)C)S(C)(=O)=O)cc1OC. The normalized spacial score (nSPS) is 12.6. The molecule has 0 saturated carbocycles. The fraction of sp³-hybridized carbons (Fsp3) is 0.571. The van der Waals surface area contributed by atoms with E-state index in [9.17, 15) is 16.8 Å². The Hall–Kier alpha value is -1.36. The standard InChI is InChI=1S/C14H24N2O6S2/c1-11(2)16(23(5,17)18)9-8-15-24(19,20)12-6-7-13(21-3)14(10-12)22-4/h6-7,10-11,15H,8-9H2,1-5H3. The number of nitrogens with zero attached hydrogens (tertiary/aromatic N) is 1. The maximum atomic E-state index is 12.3. The summed E-state index contributed by atoms with van der Waals surface area (Å²) in [7, 11) is -4.33. The first-order valence-corrected chi connectivity index (χ1v) is 10.5. The Balaban J connectivity index is 2.87. The van der Waals surface area contributed by atoms with Crippen molar-refractivity contribution in [1.82, 2.24) is 9.03 Å². The number of methoxy groups -OCH3 is 2. The minimum atomic E-state index is -3.79. The molecule has 0 saturated heterocycles. The van der Waals surface area contributed by atoms with Gasteiger partial charge in [0.05, 0.1) is 25.4 Å². The molecular weight excluding hydrogens is 356 g/mol. The second-order valence-corrected chi connectivity index (χ2v) is 9.08. The molecule has 0 spiro atoms. The molecule has 0 aliphatic rings. The summed E-state index contributed by atoms with van der Waals surface area (Å²) in [6.07, 6.45) is 1.09. The first kappa shape index (κ1) is 20.7. The quantitative estimate of drug-likeness (QED) is 0.675. The lowest BCUT2D eigenvalue weighted by atomic mass is 10.3. The summed E-state index contributed by atoms with van der Waals surface area (Å²) >= 11 is 0. The van der Waals surface area contributed by atoms with Gasteiger partial charge in [-0.2, -0.15) is 4.31 Å². The van der Waals surface area contributed by atoms with Crippen molar-refractivity contribution < 1.29 is 26.3 Å². The topological polar surface area (TPSA) is 102 Å². The summed E-state index contributed by atoms with van der Waals surface area (Å²) in [6.45, 7) is 3.46. The molecule has 1 aromatic carbocycles. The molecule has 10 heteroatoms. The highest BCUT2D eigenvalue weighted by Gasteiger charge is 2.22. The van der Waals surface area contributed by atoms with E-state index in [0.717, 1.165) is 6.26 Å². The third-order valence-corrected chi connectivity index (χ3v) is 6.21. The minimum absolute atomic E-state index is 0.00982. The molecule has 138 valence electrons. The molecule has 0 amide bonds. The van der Waals surface area contributed by atoms with Crippen LogP contribution in [0.15, 0.2) is 23.1 Å². The van der Waals surface area contributed by atoms with Crippen LogP contribution in [0.4, 0.5) is 0 Å². The monoisotopic (exact) mass is 380 g/mol. The number of ether oxygens (including phenoxy) is 2. The van der Waals surface area contributed by atoms with Gasteiger partial charge >= 0.3 is 0 Å². The minimum Gasteiger partial charge on any atom is -0.493 e. The highest BCUT2D eigenvalue weighted by atomic mass is 32.2. The molecule has 0 unspecified atom stereocenters. The van der Waals surface area contributed by atoms with Gasteiger partial charge in [-0.25, -0.2) is 21.6 Å². The van der Waals surface area contributed by atoms with E-state index in [1.54, 1.807) is 13.8 Å². The van der Waals surface area contributed by atoms with E-state index in [4.69, 9.17) is 9.47 Å². The maximum absolute atomic E-state index is 12.3. The summed E-state index contributed by atoms with van der Waals surface area (Å²) in [6, 6.07) is 3.97. The number of rotatable bonds is 9. The van der Waals surface area contributed by atoms with Crippen LogP contribution in [0, 0.1) is 0 Å². The van der Waals surface area contributed by atoms with E-state index in [-0.39, 0.29) is 24.0 Å². The van der Waals surface area contributed by atoms with Crippen LogP contribution in [0.2, 0.25) is 0 Å². The lowest BCUT2D eigenvalue weighted by Crippen LogP contribution is -2.41. The predicted molar refractivity (Wildman–Crippen MR) is 91.4 cm³/mol. The molecule has 0 bridgehead atoms. The van der Waals surface area contributed by atoms with E-state index in [1.807, 2.05) is 0 Å². The van der Waals surface area contributed by atoms with E-state index >= 15 is 0 Å². The number of hydrogen-bond donors (Lipinski definition) is 1. The average molecular weight is 380 g/mol. The number of hydrogen-bond acceptors (Lipinski definition) is 6. The second-order valence-electron chi connectivity index (χ2n) is 5.38. The molecule has 8 nitrogen and oxygen atoms in total. The Bertz CT molecular complexity index is 759. The third-order valence-electron chi connectivity index (χ3n) is 3.29. The molecule has 0 aliphatic carbocycles. The molecule has 0 aliphatic heterocycles. The molecular formula is C14H24N2O6S2. The smallest absolute Gasteiger partial charge is 0.240 e. The molecule has 0 radical (unpaired) electrons. The molecule has 1 rings (SSSR count). The first-order valence-electron chi connectivity index (χ1n) is 7.21. The summed E-state index contributed by atoms with van der Waals surface area (Å²) in [5.74, 6) is 0.708. The Morgan fingerprint density at radius 1 is 1.08 bits per heavy atom. The van der Waals surface area contributed by atoms with Gasteiger partial charge in [0.2, 0.25) is 20.0 Å². The maximum Gasteiger partial charge on any atom is 0.240 e. The lowest BCUT2D eigenvalue weighted by Gasteiger charge is -2.23. The van der Waals surface area contributed by atoms with Gasteiger partial charge in [-0.05, 0) is 26.0 Å². The van der Waals surface area contributed by atoms with Crippen LogP contribution in [0.3, 0.4) is 0 Å². The van der Waals surface area contributed by atoms with Crippen LogP contribution in [0.5, 0.6) is 11.5 Å². The molecule has 0 aromatic heterocycles. The Kier molecular flexibility index (Phi) is 7.02. The van der Waals surface area contributed by atoms with Crippen LogP contribution in [0.1, 0.15) is 13.8 Å². The number of sulfonamides is 2. The molecule has 1 N–H and O–H groups in total. The van der Waals surface area contributed by atoms with E-state index in [1.165, 1.54) is 36.7 Å². The van der Waals surface area contributed by atoms with Crippen LogP contribution in [-0.2, 0) is 20.0 Å². The Morgan fingerprint density at radius 2 is 1.67 bits per heavy atom. The zero-order valence-electron chi connectivity index (χ0n) is 14.4. The highest BCUT2D eigenvalue weighted by Crippen LogP contribution is 2.29. The van der Waals surface area contributed by atoms with Crippen molar-refractivity contribution in [2.75, 3.05) is 33.6 Å². The number of nitrogens with one attached hydrogen (secondary N) is 1. The van der Waals surface area contributed by atoms with Crippen molar-refractivity contribution in [3.63, 3.8) is 0 Å². The average Bonchev–Trinajstić information content (AvgIpc) is 2.49. The van der Waals surface area contributed by atoms with Gasteiger partial charge in [0, 0.05) is 25.2 Å². The third kappa shape index (κ3) is 5.33. The van der Waals surface area contributed by atoms with Crippen molar-refractivity contribution in [2.24, 2.45) is 0 Å². The van der Waals surface area contributed by atoms with Gasteiger partial charge in [-0.3, -0.25) is 0 Å². The zero-order valence-corrected chi connectivity index (χ0v) is 16.1. The molecule has 1 aromatic rings. The lowest BCUT2D eigenvalue weighted by molar-refractivity contribution is 0.353.